The first-order valence-electron chi connectivity index (χ1n) is 10.3. The van der Waals surface area contributed by atoms with E-state index in [1.54, 1.807) is 0 Å². The number of amides is 1. The van der Waals surface area contributed by atoms with Crippen molar-refractivity contribution in [1.82, 2.24) is 9.80 Å². The predicted octanol–water partition coefficient (Wildman–Crippen LogP) is 2.92. The fourth-order valence-electron chi connectivity index (χ4n) is 4.29. The van der Waals surface area contributed by atoms with Crippen molar-refractivity contribution >= 4 is 5.91 Å². The Kier molecular flexibility index (Phi) is 6.77. The van der Waals surface area contributed by atoms with Gasteiger partial charge in [-0.05, 0) is 56.2 Å². The molecular weight excluding hydrogens is 340 g/mol. The summed E-state index contributed by atoms with van der Waals surface area (Å²) in [5.41, 5.74) is 1.66. The molecule has 0 radical (unpaired) electrons. The zero-order valence-corrected chi connectivity index (χ0v) is 16.8. The van der Waals surface area contributed by atoms with Gasteiger partial charge in [0.2, 0.25) is 5.91 Å². The Morgan fingerprint density at radius 2 is 1.74 bits per heavy atom. The molecule has 0 aliphatic carbocycles. The van der Waals surface area contributed by atoms with E-state index in [1.807, 2.05) is 11.0 Å². The van der Waals surface area contributed by atoms with Crippen molar-refractivity contribution in [3.8, 4) is 5.75 Å². The molecule has 0 aromatic heterocycles. The summed E-state index contributed by atoms with van der Waals surface area (Å²) in [6.45, 7) is 9.48. The van der Waals surface area contributed by atoms with Gasteiger partial charge in [-0.15, -0.1) is 0 Å². The van der Waals surface area contributed by atoms with Crippen molar-refractivity contribution in [3.63, 3.8) is 0 Å². The summed E-state index contributed by atoms with van der Waals surface area (Å²) in [5, 5.41) is 9.05. The van der Waals surface area contributed by atoms with Crippen LogP contribution in [0.1, 0.15) is 45.1 Å². The van der Waals surface area contributed by atoms with Gasteiger partial charge in [0, 0.05) is 25.2 Å². The monoisotopic (exact) mass is 374 g/mol. The molecule has 2 aliphatic heterocycles. The van der Waals surface area contributed by atoms with Gasteiger partial charge in [-0.1, -0.05) is 32.0 Å². The number of carbonyl (C=O) groups excluding carboxylic acids is 1. The molecule has 1 N–H and O–H groups in total. The number of hydrogen-bond acceptors (Lipinski definition) is 4. The van der Waals surface area contributed by atoms with E-state index in [1.165, 1.54) is 18.4 Å². The Morgan fingerprint density at radius 3 is 2.37 bits per heavy atom. The Labute approximate surface area is 163 Å². The molecule has 150 valence electrons. The highest BCUT2D eigenvalue weighted by molar-refractivity contribution is 5.77. The number of benzene rings is 1. The zero-order chi connectivity index (χ0) is 19.3. The molecule has 1 aromatic carbocycles. The number of aliphatic hydroxyl groups is 1. The largest absolute Gasteiger partial charge is 0.493 e. The lowest BCUT2D eigenvalue weighted by atomic mass is 9.71. The van der Waals surface area contributed by atoms with Gasteiger partial charge in [-0.25, -0.2) is 0 Å². The summed E-state index contributed by atoms with van der Waals surface area (Å²) in [4.78, 5) is 16.0. The maximum atomic E-state index is 11.7. The van der Waals surface area contributed by atoms with E-state index in [2.05, 4.69) is 36.9 Å². The van der Waals surface area contributed by atoms with Crippen LogP contribution in [0.25, 0.3) is 0 Å². The van der Waals surface area contributed by atoms with E-state index in [0.29, 0.717) is 11.3 Å². The van der Waals surface area contributed by atoms with E-state index < -0.39 is 0 Å². The molecule has 2 aliphatic rings. The molecule has 3 rings (SSSR count). The van der Waals surface area contributed by atoms with E-state index >= 15 is 0 Å². The minimum atomic E-state index is -0.362. The molecule has 0 unspecified atom stereocenters. The van der Waals surface area contributed by atoms with Crippen LogP contribution in [-0.4, -0.2) is 60.2 Å². The molecule has 0 bridgehead atoms. The third kappa shape index (κ3) is 5.23. The second-order valence-corrected chi connectivity index (χ2v) is 8.63. The third-order valence-electron chi connectivity index (χ3n) is 6.17. The average molecular weight is 375 g/mol. The first-order valence-corrected chi connectivity index (χ1v) is 10.3. The maximum Gasteiger partial charge on any atom is 0.248 e. The van der Waals surface area contributed by atoms with Crippen molar-refractivity contribution in [2.75, 3.05) is 39.4 Å². The molecule has 0 atom stereocenters. The molecular formula is C22H34N2O3. The third-order valence-corrected chi connectivity index (χ3v) is 6.17. The van der Waals surface area contributed by atoms with Crippen molar-refractivity contribution in [1.29, 1.82) is 0 Å². The average Bonchev–Trinajstić information content (AvgIpc) is 2.69. The van der Waals surface area contributed by atoms with E-state index in [-0.39, 0.29) is 12.5 Å². The number of rotatable bonds is 6. The Balaban J connectivity index is 1.51. The van der Waals surface area contributed by atoms with Gasteiger partial charge in [-0.3, -0.25) is 9.69 Å². The quantitative estimate of drug-likeness (QED) is 0.832. The van der Waals surface area contributed by atoms with Crippen LogP contribution in [-0.2, 0) is 11.3 Å². The van der Waals surface area contributed by atoms with E-state index in [9.17, 15) is 4.79 Å². The smallest absolute Gasteiger partial charge is 0.248 e. The van der Waals surface area contributed by atoms with Crippen LogP contribution in [0.4, 0.5) is 0 Å². The van der Waals surface area contributed by atoms with E-state index in [4.69, 9.17) is 9.84 Å². The van der Waals surface area contributed by atoms with Crippen LogP contribution in [0.5, 0.6) is 5.75 Å². The van der Waals surface area contributed by atoms with Crippen molar-refractivity contribution in [2.24, 2.45) is 11.3 Å². The van der Waals surface area contributed by atoms with Gasteiger partial charge in [0.15, 0.2) is 0 Å². The second-order valence-electron chi connectivity index (χ2n) is 8.63. The molecule has 2 saturated heterocycles. The molecule has 1 spiro atoms. The summed E-state index contributed by atoms with van der Waals surface area (Å²) < 4.78 is 6.01. The molecule has 1 aromatic rings. The maximum absolute atomic E-state index is 11.7. The van der Waals surface area contributed by atoms with Crippen molar-refractivity contribution < 1.29 is 14.6 Å². The molecule has 2 heterocycles. The predicted molar refractivity (Wildman–Crippen MR) is 107 cm³/mol. The highest BCUT2D eigenvalue weighted by Crippen LogP contribution is 2.41. The lowest BCUT2D eigenvalue weighted by Crippen LogP contribution is -2.48. The molecule has 2 fully saturated rings. The topological polar surface area (TPSA) is 53.0 Å². The number of nitrogens with zero attached hydrogens (tertiary/aromatic N) is 2. The zero-order valence-electron chi connectivity index (χ0n) is 16.8. The summed E-state index contributed by atoms with van der Waals surface area (Å²) in [7, 11) is 0. The Morgan fingerprint density at radius 1 is 1.11 bits per heavy atom. The minimum absolute atomic E-state index is 0.125. The Bertz CT molecular complexity index is 614. The van der Waals surface area contributed by atoms with Crippen molar-refractivity contribution in [2.45, 2.75) is 46.1 Å². The number of piperidine rings is 2. The van der Waals surface area contributed by atoms with Crippen LogP contribution in [0.15, 0.2) is 24.3 Å². The van der Waals surface area contributed by atoms with Crippen LogP contribution in [0.3, 0.4) is 0 Å². The first-order chi connectivity index (χ1) is 13.0. The number of likely N-dealkylation sites (tertiary alicyclic amines) is 2. The summed E-state index contributed by atoms with van der Waals surface area (Å²) in [5.74, 6) is 1.42. The van der Waals surface area contributed by atoms with Crippen LogP contribution in [0.2, 0.25) is 0 Å². The fraction of sp³-hybridized carbons (Fsp3) is 0.682. The van der Waals surface area contributed by atoms with Gasteiger partial charge in [0.25, 0.3) is 0 Å². The number of aliphatic hydroxyl groups excluding tert-OH is 1. The van der Waals surface area contributed by atoms with Gasteiger partial charge < -0.3 is 14.7 Å². The fourth-order valence-corrected chi connectivity index (χ4v) is 4.29. The molecule has 1 amide bonds. The number of hydrogen-bond donors (Lipinski definition) is 1. The normalized spacial score (nSPS) is 20.2. The van der Waals surface area contributed by atoms with Gasteiger partial charge in [0.05, 0.1) is 6.61 Å². The van der Waals surface area contributed by atoms with Gasteiger partial charge in [-0.2, -0.15) is 0 Å². The van der Waals surface area contributed by atoms with Gasteiger partial charge in [0.1, 0.15) is 12.4 Å². The highest BCUT2D eigenvalue weighted by Gasteiger charge is 2.38. The molecule has 27 heavy (non-hydrogen) atoms. The lowest BCUT2D eigenvalue weighted by Gasteiger charge is -2.47. The van der Waals surface area contributed by atoms with Crippen LogP contribution < -0.4 is 4.74 Å². The van der Waals surface area contributed by atoms with Crippen LogP contribution >= 0.6 is 0 Å². The SMILES string of the molecule is CC(C)COc1ccccc1CN1CCC2(CC1)CCN(C(=O)CO)CC2. The summed E-state index contributed by atoms with van der Waals surface area (Å²) in [6, 6.07) is 8.40. The number of ether oxygens (including phenoxy) is 1. The summed E-state index contributed by atoms with van der Waals surface area (Å²) in [6.07, 6.45) is 4.54. The Hall–Kier alpha value is -1.59. The highest BCUT2D eigenvalue weighted by atomic mass is 16.5. The number of carbonyl (C=O) groups is 1. The van der Waals surface area contributed by atoms with E-state index in [0.717, 1.165) is 57.9 Å². The van der Waals surface area contributed by atoms with Crippen molar-refractivity contribution in [3.05, 3.63) is 29.8 Å². The molecule has 5 nitrogen and oxygen atoms in total. The van der Waals surface area contributed by atoms with Gasteiger partial charge >= 0.3 is 0 Å². The number of para-hydroxylation sites is 1. The lowest BCUT2D eigenvalue weighted by molar-refractivity contribution is -0.137. The second kappa shape index (κ2) is 9.07. The first kappa shape index (κ1) is 20.2. The minimum Gasteiger partial charge on any atom is -0.493 e. The van der Waals surface area contributed by atoms with Crippen LogP contribution in [0, 0.1) is 11.3 Å². The molecule has 0 saturated carbocycles. The standard InChI is InChI=1S/C22H34N2O3/c1-18(2)17-27-20-6-4-3-5-19(20)15-23-11-7-22(8-12-23)9-13-24(14-10-22)21(26)16-25/h3-6,18,25H,7-17H2,1-2H3. The molecule has 5 heteroatoms. The summed E-state index contributed by atoms with van der Waals surface area (Å²) >= 11 is 0.